The maximum atomic E-state index is 10.2. The van der Waals surface area contributed by atoms with Crippen LogP contribution in [0.2, 0.25) is 5.02 Å². The second kappa shape index (κ2) is 4.83. The molecule has 0 heterocycles. The lowest BCUT2D eigenvalue weighted by Crippen LogP contribution is -1.89. The topological polar surface area (TPSA) is 17.1 Å². The molecule has 0 aromatic heterocycles. The SMILES string of the molecule is C=C(CC=O)Cc1ccc(Cl)cc1. The summed E-state index contributed by atoms with van der Waals surface area (Å²) in [6.07, 6.45) is 2.05. The molecule has 0 radical (unpaired) electrons. The minimum atomic E-state index is 0.433. The highest BCUT2D eigenvalue weighted by Gasteiger charge is 1.96. The molecule has 1 rings (SSSR count). The summed E-state index contributed by atoms with van der Waals surface area (Å²) >= 11 is 5.73. The lowest BCUT2D eigenvalue weighted by Gasteiger charge is -2.01. The first kappa shape index (κ1) is 10.0. The van der Waals surface area contributed by atoms with Gasteiger partial charge in [-0.1, -0.05) is 35.9 Å². The van der Waals surface area contributed by atoms with Gasteiger partial charge in [-0.3, -0.25) is 0 Å². The molecule has 0 saturated carbocycles. The zero-order valence-corrected chi connectivity index (χ0v) is 8.05. The summed E-state index contributed by atoms with van der Waals surface area (Å²) in [5.74, 6) is 0. The Balaban J connectivity index is 2.59. The molecular weight excluding hydrogens is 184 g/mol. The first-order chi connectivity index (χ1) is 6.22. The number of halogens is 1. The molecule has 0 aliphatic heterocycles. The van der Waals surface area contributed by atoms with E-state index in [-0.39, 0.29) is 0 Å². The molecule has 0 fully saturated rings. The van der Waals surface area contributed by atoms with Crippen LogP contribution in [0.4, 0.5) is 0 Å². The van der Waals surface area contributed by atoms with Crippen molar-refractivity contribution >= 4 is 17.9 Å². The smallest absolute Gasteiger partial charge is 0.124 e. The summed E-state index contributed by atoms with van der Waals surface area (Å²) in [5, 5.41) is 0.727. The highest BCUT2D eigenvalue weighted by atomic mass is 35.5. The summed E-state index contributed by atoms with van der Waals surface area (Å²) in [6.45, 7) is 3.80. The van der Waals surface area contributed by atoms with Crippen LogP contribution in [0.3, 0.4) is 0 Å². The third kappa shape index (κ3) is 3.43. The fraction of sp³-hybridized carbons (Fsp3) is 0.182. The van der Waals surface area contributed by atoms with Crippen molar-refractivity contribution in [1.82, 2.24) is 0 Å². The number of rotatable bonds is 4. The normalized spacial score (nSPS) is 9.62. The first-order valence-corrected chi connectivity index (χ1v) is 4.45. The van der Waals surface area contributed by atoms with Crippen LogP contribution in [0.5, 0.6) is 0 Å². The van der Waals surface area contributed by atoms with Gasteiger partial charge in [-0.2, -0.15) is 0 Å². The number of aldehydes is 1. The van der Waals surface area contributed by atoms with E-state index in [4.69, 9.17) is 11.6 Å². The molecule has 1 aromatic carbocycles. The van der Waals surface area contributed by atoms with Crippen molar-refractivity contribution in [2.75, 3.05) is 0 Å². The maximum Gasteiger partial charge on any atom is 0.124 e. The largest absolute Gasteiger partial charge is 0.303 e. The minimum Gasteiger partial charge on any atom is -0.303 e. The molecule has 68 valence electrons. The Labute approximate surface area is 83.0 Å². The fourth-order valence-electron chi connectivity index (χ4n) is 1.08. The van der Waals surface area contributed by atoms with Crippen LogP contribution in [-0.2, 0) is 11.2 Å². The number of benzene rings is 1. The van der Waals surface area contributed by atoms with Crippen LogP contribution in [0.25, 0.3) is 0 Å². The van der Waals surface area contributed by atoms with Gasteiger partial charge in [-0.15, -0.1) is 0 Å². The van der Waals surface area contributed by atoms with E-state index in [2.05, 4.69) is 6.58 Å². The third-order valence-electron chi connectivity index (χ3n) is 1.74. The third-order valence-corrected chi connectivity index (χ3v) is 1.99. The number of hydrogen-bond acceptors (Lipinski definition) is 1. The van der Waals surface area contributed by atoms with Crippen LogP contribution < -0.4 is 0 Å². The minimum absolute atomic E-state index is 0.433. The molecule has 0 amide bonds. The van der Waals surface area contributed by atoms with Crippen LogP contribution in [-0.4, -0.2) is 6.29 Å². The summed E-state index contributed by atoms with van der Waals surface area (Å²) in [7, 11) is 0. The van der Waals surface area contributed by atoms with Crippen LogP contribution in [0, 0.1) is 0 Å². The molecule has 13 heavy (non-hydrogen) atoms. The van der Waals surface area contributed by atoms with Gasteiger partial charge < -0.3 is 4.79 Å². The summed E-state index contributed by atoms with van der Waals surface area (Å²) in [4.78, 5) is 10.2. The predicted molar refractivity (Wildman–Crippen MR) is 55.0 cm³/mol. The van der Waals surface area contributed by atoms with Crippen molar-refractivity contribution in [3.05, 3.63) is 47.0 Å². The average Bonchev–Trinajstić information content (AvgIpc) is 2.09. The molecule has 0 unspecified atom stereocenters. The molecular formula is C11H11ClO. The lowest BCUT2D eigenvalue weighted by atomic mass is 10.1. The number of carbonyl (C=O) groups is 1. The number of allylic oxidation sites excluding steroid dienone is 1. The lowest BCUT2D eigenvalue weighted by molar-refractivity contribution is -0.107. The Morgan fingerprint density at radius 2 is 2.00 bits per heavy atom. The second-order valence-corrected chi connectivity index (χ2v) is 3.36. The maximum absolute atomic E-state index is 10.2. The van der Waals surface area contributed by atoms with Gasteiger partial charge >= 0.3 is 0 Å². The molecule has 0 N–H and O–H groups in total. The Morgan fingerprint density at radius 1 is 1.38 bits per heavy atom. The van der Waals surface area contributed by atoms with E-state index in [1.807, 2.05) is 24.3 Å². The second-order valence-electron chi connectivity index (χ2n) is 2.92. The van der Waals surface area contributed by atoms with E-state index in [9.17, 15) is 4.79 Å². The van der Waals surface area contributed by atoms with E-state index in [1.165, 1.54) is 0 Å². The van der Waals surface area contributed by atoms with Crippen molar-refractivity contribution in [1.29, 1.82) is 0 Å². The van der Waals surface area contributed by atoms with Gasteiger partial charge in [0.05, 0.1) is 0 Å². The zero-order chi connectivity index (χ0) is 9.68. The van der Waals surface area contributed by atoms with Crippen molar-refractivity contribution in [2.24, 2.45) is 0 Å². The van der Waals surface area contributed by atoms with E-state index >= 15 is 0 Å². The monoisotopic (exact) mass is 194 g/mol. The van der Waals surface area contributed by atoms with Gasteiger partial charge in [0.25, 0.3) is 0 Å². The summed E-state index contributed by atoms with van der Waals surface area (Å²) < 4.78 is 0. The van der Waals surface area contributed by atoms with Crippen molar-refractivity contribution in [3.8, 4) is 0 Å². The number of carbonyl (C=O) groups excluding carboxylic acids is 1. The molecule has 0 aliphatic rings. The molecule has 0 spiro atoms. The Kier molecular flexibility index (Phi) is 3.71. The zero-order valence-electron chi connectivity index (χ0n) is 7.29. The molecule has 0 saturated heterocycles. The molecule has 1 nitrogen and oxygen atoms in total. The van der Waals surface area contributed by atoms with Gasteiger partial charge in [0.2, 0.25) is 0 Å². The van der Waals surface area contributed by atoms with Crippen molar-refractivity contribution in [2.45, 2.75) is 12.8 Å². The number of hydrogen-bond donors (Lipinski definition) is 0. The highest BCUT2D eigenvalue weighted by Crippen LogP contribution is 2.13. The Hall–Kier alpha value is -1.08. The van der Waals surface area contributed by atoms with Crippen LogP contribution in [0.15, 0.2) is 36.4 Å². The van der Waals surface area contributed by atoms with E-state index in [0.717, 1.165) is 28.9 Å². The molecule has 0 bridgehead atoms. The van der Waals surface area contributed by atoms with Crippen LogP contribution >= 0.6 is 11.6 Å². The van der Waals surface area contributed by atoms with Gasteiger partial charge in [-0.05, 0) is 24.1 Å². The van der Waals surface area contributed by atoms with Gasteiger partial charge in [0.1, 0.15) is 6.29 Å². The quantitative estimate of drug-likeness (QED) is 0.532. The van der Waals surface area contributed by atoms with Gasteiger partial charge in [0, 0.05) is 11.4 Å². The molecule has 1 aromatic rings. The van der Waals surface area contributed by atoms with E-state index < -0.39 is 0 Å². The molecule has 0 aliphatic carbocycles. The fourth-order valence-corrected chi connectivity index (χ4v) is 1.21. The van der Waals surface area contributed by atoms with Crippen molar-refractivity contribution < 1.29 is 4.79 Å². The Bertz CT molecular complexity index is 300. The summed E-state index contributed by atoms with van der Waals surface area (Å²) in [6, 6.07) is 7.56. The summed E-state index contributed by atoms with van der Waals surface area (Å²) in [5.41, 5.74) is 2.06. The Morgan fingerprint density at radius 3 is 2.54 bits per heavy atom. The average molecular weight is 195 g/mol. The molecule has 0 atom stereocenters. The van der Waals surface area contributed by atoms with E-state index in [0.29, 0.717) is 6.42 Å². The van der Waals surface area contributed by atoms with Crippen LogP contribution in [0.1, 0.15) is 12.0 Å². The van der Waals surface area contributed by atoms with E-state index in [1.54, 1.807) is 0 Å². The standard InChI is InChI=1S/C11H11ClO/c1-9(6-7-13)8-10-2-4-11(12)5-3-10/h2-5,7H,1,6,8H2. The van der Waals surface area contributed by atoms with Gasteiger partial charge in [-0.25, -0.2) is 0 Å². The van der Waals surface area contributed by atoms with Crippen molar-refractivity contribution in [3.63, 3.8) is 0 Å². The molecule has 2 heteroatoms. The van der Waals surface area contributed by atoms with Gasteiger partial charge in [0.15, 0.2) is 0 Å². The highest BCUT2D eigenvalue weighted by molar-refractivity contribution is 6.30. The first-order valence-electron chi connectivity index (χ1n) is 4.07. The predicted octanol–water partition coefficient (Wildman–Crippen LogP) is 3.03.